The molecule has 1 aliphatic carbocycles. The number of carbonyl (C=O) groups is 3. The van der Waals surface area contributed by atoms with Crippen molar-refractivity contribution in [3.63, 3.8) is 0 Å². The van der Waals surface area contributed by atoms with Crippen LogP contribution < -0.4 is 9.47 Å². The van der Waals surface area contributed by atoms with Gasteiger partial charge < -0.3 is 18.9 Å². The molecule has 0 heterocycles. The summed E-state index contributed by atoms with van der Waals surface area (Å²) >= 11 is 0. The molecule has 1 unspecified atom stereocenters. The number of carbonyl (C=O) groups excluding carboxylic acids is 3. The molecular weight excluding hydrogens is 551 g/mol. The number of aryl methyl sites for hydroxylation is 1. The van der Waals surface area contributed by atoms with E-state index in [-0.39, 0.29) is 42.0 Å². The summed E-state index contributed by atoms with van der Waals surface area (Å²) in [5.41, 5.74) is 4.84. The molecule has 8 heteroatoms. The predicted molar refractivity (Wildman–Crippen MR) is 161 cm³/mol. The fourth-order valence-corrected chi connectivity index (χ4v) is 4.53. The lowest BCUT2D eigenvalue weighted by molar-refractivity contribution is -0.141. The topological polar surface area (TPSA) is 88.1 Å². The van der Waals surface area contributed by atoms with Crippen LogP contribution in [0.15, 0.2) is 91.1 Å². The van der Waals surface area contributed by atoms with Gasteiger partial charge in [0.25, 0.3) is 0 Å². The van der Waals surface area contributed by atoms with Gasteiger partial charge in [-0.05, 0) is 85.7 Å². The highest BCUT2D eigenvalue weighted by molar-refractivity contribution is 5.90. The van der Waals surface area contributed by atoms with Gasteiger partial charge in [0.1, 0.15) is 23.9 Å². The summed E-state index contributed by atoms with van der Waals surface area (Å²) in [7, 11) is 0. The van der Waals surface area contributed by atoms with Gasteiger partial charge in [0, 0.05) is 28.3 Å². The third-order valence-electron chi connectivity index (χ3n) is 6.76. The lowest BCUT2D eigenvalue weighted by atomic mass is 9.96. The van der Waals surface area contributed by atoms with Crippen molar-refractivity contribution in [3.05, 3.63) is 108 Å². The largest absolute Gasteiger partial charge is 0.460 e. The van der Waals surface area contributed by atoms with Crippen LogP contribution in [0.25, 0.3) is 22.3 Å². The van der Waals surface area contributed by atoms with Crippen LogP contribution in [-0.2, 0) is 30.3 Å². The minimum absolute atomic E-state index is 0.110. The number of fused-ring (bicyclic) bond motifs is 1. The van der Waals surface area contributed by atoms with Crippen molar-refractivity contribution in [2.24, 2.45) is 0 Å². The number of hydrogen-bond acceptors (Lipinski definition) is 7. The Morgan fingerprint density at radius 1 is 0.744 bits per heavy atom. The molecule has 43 heavy (non-hydrogen) atoms. The summed E-state index contributed by atoms with van der Waals surface area (Å²) < 4.78 is 37.4. The Kier molecular flexibility index (Phi) is 9.73. The number of hydrogen-bond donors (Lipinski definition) is 0. The van der Waals surface area contributed by atoms with Crippen LogP contribution in [0.5, 0.6) is 11.5 Å². The minimum atomic E-state index is -0.650. The number of benzene rings is 3. The Hall–Kier alpha value is -4.82. The van der Waals surface area contributed by atoms with Crippen LogP contribution in [0.3, 0.4) is 0 Å². The van der Waals surface area contributed by atoms with E-state index in [2.05, 4.69) is 19.7 Å². The van der Waals surface area contributed by atoms with Crippen LogP contribution in [0.2, 0.25) is 0 Å². The van der Waals surface area contributed by atoms with E-state index in [0.29, 0.717) is 27.8 Å². The lowest BCUT2D eigenvalue weighted by Gasteiger charge is -2.15. The van der Waals surface area contributed by atoms with E-state index in [1.54, 1.807) is 31.2 Å². The number of ether oxygens (including phenoxy) is 4. The van der Waals surface area contributed by atoms with E-state index in [1.165, 1.54) is 26.0 Å². The van der Waals surface area contributed by atoms with E-state index < -0.39 is 23.7 Å². The first-order chi connectivity index (χ1) is 20.4. The molecule has 1 aliphatic rings. The quantitative estimate of drug-likeness (QED) is 0.102. The highest BCUT2D eigenvalue weighted by Gasteiger charge is 2.24. The summed E-state index contributed by atoms with van der Waals surface area (Å²) in [6.45, 7) is 15.7. The summed E-state index contributed by atoms with van der Waals surface area (Å²) in [6, 6.07) is 15.1. The fourth-order valence-electron chi connectivity index (χ4n) is 4.53. The molecule has 0 aliphatic heterocycles. The Morgan fingerprint density at radius 2 is 1.35 bits per heavy atom. The number of esters is 3. The first-order valence-electron chi connectivity index (χ1n) is 13.7. The zero-order chi connectivity index (χ0) is 31.3. The van der Waals surface area contributed by atoms with Gasteiger partial charge in [-0.3, -0.25) is 0 Å². The molecule has 0 spiro atoms. The normalized spacial score (nSPS) is 13.5. The maximum atomic E-state index is 15.6. The molecule has 3 aromatic carbocycles. The van der Waals surface area contributed by atoms with Crippen molar-refractivity contribution in [3.8, 4) is 33.8 Å². The third-order valence-corrected chi connectivity index (χ3v) is 6.76. The molecule has 0 radical (unpaired) electrons. The van der Waals surface area contributed by atoms with Gasteiger partial charge in [0.05, 0.1) is 12.7 Å². The smallest absolute Gasteiger partial charge is 0.338 e. The molecule has 0 N–H and O–H groups in total. The first kappa shape index (κ1) is 31.1. The summed E-state index contributed by atoms with van der Waals surface area (Å²) in [4.78, 5) is 35.9. The predicted octanol–water partition coefficient (Wildman–Crippen LogP) is 7.25. The average Bonchev–Trinajstić information content (AvgIpc) is 3.36. The monoisotopic (exact) mass is 584 g/mol. The second-order valence-electron chi connectivity index (χ2n) is 10.5. The van der Waals surface area contributed by atoms with E-state index in [9.17, 15) is 14.4 Å². The maximum absolute atomic E-state index is 15.6. The van der Waals surface area contributed by atoms with Crippen molar-refractivity contribution in [2.75, 3.05) is 13.2 Å². The standard InChI is InChI=1S/C35H33FO7/c1-20(2)33(37)41-14-13-40-32-12-10-23-7-8-25(17-30(23)32)29-11-9-24(18-31(29)36)26-15-27(42-34(38)21(3)4)19-28(16-26)43-35(39)22(5)6/h7-9,11,15-19,32H,1,3,5,10,12-14H2,2,4,6H3. The Labute approximate surface area is 250 Å². The fraction of sp³-hybridized carbons (Fsp3) is 0.229. The van der Waals surface area contributed by atoms with Gasteiger partial charge >= 0.3 is 17.9 Å². The van der Waals surface area contributed by atoms with E-state index in [1.807, 2.05) is 18.2 Å². The van der Waals surface area contributed by atoms with E-state index in [4.69, 9.17) is 18.9 Å². The molecular formula is C35H33FO7. The molecule has 0 aromatic heterocycles. The van der Waals surface area contributed by atoms with Gasteiger partial charge in [-0.1, -0.05) is 44.0 Å². The van der Waals surface area contributed by atoms with Crippen LogP contribution in [0, 0.1) is 5.82 Å². The van der Waals surface area contributed by atoms with Gasteiger partial charge in [-0.25, -0.2) is 18.8 Å². The lowest BCUT2D eigenvalue weighted by Crippen LogP contribution is -2.12. The zero-order valence-electron chi connectivity index (χ0n) is 24.5. The molecule has 0 fully saturated rings. The second-order valence-corrected chi connectivity index (χ2v) is 10.5. The van der Waals surface area contributed by atoms with Crippen molar-refractivity contribution < 1.29 is 37.7 Å². The molecule has 222 valence electrons. The van der Waals surface area contributed by atoms with Crippen LogP contribution in [0.1, 0.15) is 44.4 Å². The van der Waals surface area contributed by atoms with Crippen molar-refractivity contribution in [1.82, 2.24) is 0 Å². The van der Waals surface area contributed by atoms with Crippen LogP contribution >= 0.6 is 0 Å². The average molecular weight is 585 g/mol. The van der Waals surface area contributed by atoms with Gasteiger partial charge in [0.2, 0.25) is 0 Å². The molecule has 0 bridgehead atoms. The van der Waals surface area contributed by atoms with Crippen molar-refractivity contribution in [2.45, 2.75) is 39.7 Å². The number of rotatable bonds is 11. The second kappa shape index (κ2) is 13.4. The minimum Gasteiger partial charge on any atom is -0.460 e. The van der Waals surface area contributed by atoms with Gasteiger partial charge in [-0.15, -0.1) is 0 Å². The van der Waals surface area contributed by atoms with Gasteiger partial charge in [0.15, 0.2) is 0 Å². The Bertz CT molecular complexity index is 1590. The molecule has 0 saturated carbocycles. The summed E-state index contributed by atoms with van der Waals surface area (Å²) in [5, 5.41) is 0. The molecule has 4 rings (SSSR count). The highest BCUT2D eigenvalue weighted by Crippen LogP contribution is 2.38. The molecule has 7 nitrogen and oxygen atoms in total. The van der Waals surface area contributed by atoms with Crippen LogP contribution in [-0.4, -0.2) is 31.1 Å². The SMILES string of the molecule is C=C(C)C(=O)OCCOC1CCc2ccc(-c3ccc(-c4cc(OC(=O)C(=C)C)cc(OC(=O)C(=C)C)c4)cc3F)cc21. The summed E-state index contributed by atoms with van der Waals surface area (Å²) in [5.74, 6) is -2.01. The molecule has 0 amide bonds. The molecule has 0 saturated heterocycles. The van der Waals surface area contributed by atoms with Crippen molar-refractivity contribution in [1.29, 1.82) is 0 Å². The number of halogens is 1. The molecule has 1 atom stereocenters. The zero-order valence-corrected chi connectivity index (χ0v) is 24.5. The summed E-state index contributed by atoms with van der Waals surface area (Å²) in [6.07, 6.45) is 1.42. The van der Waals surface area contributed by atoms with E-state index in [0.717, 1.165) is 24.0 Å². The Balaban J connectivity index is 1.58. The van der Waals surface area contributed by atoms with Crippen LogP contribution in [0.4, 0.5) is 4.39 Å². The van der Waals surface area contributed by atoms with E-state index >= 15 is 4.39 Å². The third kappa shape index (κ3) is 7.72. The maximum Gasteiger partial charge on any atom is 0.338 e. The Morgan fingerprint density at radius 3 is 1.93 bits per heavy atom. The highest BCUT2D eigenvalue weighted by atomic mass is 19.1. The molecule has 3 aromatic rings. The van der Waals surface area contributed by atoms with Gasteiger partial charge in [-0.2, -0.15) is 0 Å². The van der Waals surface area contributed by atoms with Crippen molar-refractivity contribution >= 4 is 17.9 Å². The first-order valence-corrected chi connectivity index (χ1v) is 13.7.